The molecule has 7 heteroatoms. The van der Waals surface area contributed by atoms with E-state index in [0.29, 0.717) is 25.7 Å². The van der Waals surface area contributed by atoms with Gasteiger partial charge in [-0.2, -0.15) is 0 Å². The van der Waals surface area contributed by atoms with E-state index in [0.717, 1.165) is 0 Å². The van der Waals surface area contributed by atoms with E-state index in [-0.39, 0.29) is 11.9 Å². The van der Waals surface area contributed by atoms with Gasteiger partial charge in [-0.3, -0.25) is 4.79 Å². The largest absolute Gasteiger partial charge is 0.479 e. The summed E-state index contributed by atoms with van der Waals surface area (Å²) in [6, 6.07) is 0. The van der Waals surface area contributed by atoms with Crippen molar-refractivity contribution in [1.29, 1.82) is 0 Å². The predicted molar refractivity (Wildman–Crippen MR) is 68.0 cm³/mol. The molecular formula is C13H22O7. The molecule has 3 N–H and O–H groups in total. The number of carboxylic acid groups (broad SMARTS) is 1. The van der Waals surface area contributed by atoms with Crippen LogP contribution >= 0.6 is 0 Å². The molecule has 0 aromatic rings. The van der Waals surface area contributed by atoms with Crippen LogP contribution in [0.4, 0.5) is 0 Å². The molecule has 0 aromatic carbocycles. The lowest BCUT2D eigenvalue weighted by atomic mass is 9.86. The lowest BCUT2D eigenvalue weighted by Gasteiger charge is -2.40. The zero-order valence-electron chi connectivity index (χ0n) is 11.7. The molecule has 1 rings (SSSR count). The van der Waals surface area contributed by atoms with Crippen LogP contribution in [0, 0.1) is 5.92 Å². The Bertz CT molecular complexity index is 344. The number of aliphatic hydroxyl groups is 2. The van der Waals surface area contributed by atoms with E-state index < -0.39 is 30.4 Å². The molecule has 116 valence electrons. The number of hydrogen-bond donors (Lipinski definition) is 3. The highest BCUT2D eigenvalue weighted by atomic mass is 16.5. The summed E-state index contributed by atoms with van der Waals surface area (Å²) in [5.74, 6) is -1.94. The fraction of sp³-hybridized carbons (Fsp3) is 0.846. The van der Waals surface area contributed by atoms with Gasteiger partial charge in [-0.15, -0.1) is 0 Å². The van der Waals surface area contributed by atoms with Crippen molar-refractivity contribution >= 4 is 11.9 Å². The summed E-state index contributed by atoms with van der Waals surface area (Å²) < 4.78 is 9.87. The minimum absolute atomic E-state index is 0.290. The highest BCUT2D eigenvalue weighted by molar-refractivity contribution is 5.73. The summed E-state index contributed by atoms with van der Waals surface area (Å²) in [5, 5.41) is 28.5. The van der Waals surface area contributed by atoms with E-state index in [9.17, 15) is 19.8 Å². The van der Waals surface area contributed by atoms with Crippen LogP contribution in [0.5, 0.6) is 0 Å². The van der Waals surface area contributed by atoms with Crippen molar-refractivity contribution in [3.05, 3.63) is 0 Å². The average Bonchev–Trinajstić information content (AvgIpc) is 2.42. The van der Waals surface area contributed by atoms with E-state index >= 15 is 0 Å². The predicted octanol–water partition coefficient (Wildman–Crippen LogP) is -0.0703. The molecule has 0 saturated carbocycles. The molecule has 0 spiro atoms. The van der Waals surface area contributed by atoms with Gasteiger partial charge in [0.2, 0.25) is 0 Å². The van der Waals surface area contributed by atoms with Crippen LogP contribution < -0.4 is 0 Å². The molecule has 20 heavy (non-hydrogen) atoms. The number of aliphatic carboxylic acids is 1. The van der Waals surface area contributed by atoms with Crippen molar-refractivity contribution in [2.75, 3.05) is 7.11 Å². The van der Waals surface area contributed by atoms with Gasteiger partial charge in [-0.05, 0) is 12.8 Å². The summed E-state index contributed by atoms with van der Waals surface area (Å²) in [5.41, 5.74) is 0. The molecule has 1 heterocycles. The Kier molecular flexibility index (Phi) is 6.38. The Morgan fingerprint density at radius 1 is 1.20 bits per heavy atom. The zero-order valence-corrected chi connectivity index (χ0v) is 11.7. The number of esters is 1. The summed E-state index contributed by atoms with van der Waals surface area (Å²) in [6.07, 6.45) is -2.34. The number of carboxylic acids is 1. The minimum Gasteiger partial charge on any atom is -0.479 e. The first kappa shape index (κ1) is 16.9. The zero-order chi connectivity index (χ0) is 15.3. The number of hydrogen-bond acceptors (Lipinski definition) is 6. The lowest BCUT2D eigenvalue weighted by molar-refractivity contribution is -0.210. The maximum Gasteiger partial charge on any atom is 0.335 e. The van der Waals surface area contributed by atoms with Gasteiger partial charge in [0.05, 0.1) is 19.3 Å². The van der Waals surface area contributed by atoms with Crippen molar-refractivity contribution in [3.8, 4) is 0 Å². The third-order valence-electron chi connectivity index (χ3n) is 3.70. The van der Waals surface area contributed by atoms with Crippen LogP contribution in [0.1, 0.15) is 32.6 Å². The quantitative estimate of drug-likeness (QED) is 0.463. The molecule has 0 aliphatic carbocycles. The van der Waals surface area contributed by atoms with E-state index in [4.69, 9.17) is 9.84 Å². The fourth-order valence-corrected chi connectivity index (χ4v) is 2.35. The Hall–Kier alpha value is -1.18. The Balaban J connectivity index is 2.47. The van der Waals surface area contributed by atoms with E-state index in [2.05, 4.69) is 4.74 Å². The smallest absolute Gasteiger partial charge is 0.335 e. The number of rotatable bonds is 6. The first-order valence-corrected chi connectivity index (χ1v) is 6.69. The molecule has 1 saturated heterocycles. The van der Waals surface area contributed by atoms with E-state index in [1.54, 1.807) is 6.92 Å². The molecule has 0 bridgehead atoms. The molecule has 1 aliphatic rings. The molecular weight excluding hydrogens is 268 g/mol. The van der Waals surface area contributed by atoms with Crippen LogP contribution in [0.3, 0.4) is 0 Å². The maximum absolute atomic E-state index is 11.0. The number of carbonyl (C=O) groups excluding carboxylic acids is 1. The van der Waals surface area contributed by atoms with Crippen LogP contribution in [-0.2, 0) is 19.1 Å². The van der Waals surface area contributed by atoms with Gasteiger partial charge >= 0.3 is 11.9 Å². The van der Waals surface area contributed by atoms with Gasteiger partial charge in [-0.1, -0.05) is 13.3 Å². The van der Waals surface area contributed by atoms with Gasteiger partial charge in [0.15, 0.2) is 6.10 Å². The topological polar surface area (TPSA) is 113 Å². The second-order valence-electron chi connectivity index (χ2n) is 5.10. The molecule has 0 radical (unpaired) electrons. The fourth-order valence-electron chi connectivity index (χ4n) is 2.35. The SMILES string of the molecule is COC(=O)CCCCC1OC(C(=O)O)C(O)C(O)C1C. The average molecular weight is 290 g/mol. The maximum atomic E-state index is 11.0. The van der Waals surface area contributed by atoms with Crippen molar-refractivity contribution in [3.63, 3.8) is 0 Å². The third kappa shape index (κ3) is 4.16. The summed E-state index contributed by atoms with van der Waals surface area (Å²) in [6.45, 7) is 1.71. The van der Waals surface area contributed by atoms with E-state index in [1.165, 1.54) is 7.11 Å². The van der Waals surface area contributed by atoms with Crippen molar-refractivity contribution in [1.82, 2.24) is 0 Å². The number of unbranched alkanes of at least 4 members (excludes halogenated alkanes) is 1. The molecule has 7 nitrogen and oxygen atoms in total. The minimum atomic E-state index is -1.42. The number of carbonyl (C=O) groups is 2. The summed E-state index contributed by atoms with van der Waals surface area (Å²) in [4.78, 5) is 21.9. The first-order valence-electron chi connectivity index (χ1n) is 6.69. The highest BCUT2D eigenvalue weighted by Gasteiger charge is 2.44. The Morgan fingerprint density at radius 3 is 2.40 bits per heavy atom. The molecule has 1 fully saturated rings. The van der Waals surface area contributed by atoms with Crippen LogP contribution in [0.15, 0.2) is 0 Å². The molecule has 0 amide bonds. The molecule has 5 atom stereocenters. The Labute approximate surface area is 117 Å². The second-order valence-corrected chi connectivity index (χ2v) is 5.10. The monoisotopic (exact) mass is 290 g/mol. The van der Waals surface area contributed by atoms with Gasteiger partial charge in [0, 0.05) is 12.3 Å². The van der Waals surface area contributed by atoms with Gasteiger partial charge in [0.25, 0.3) is 0 Å². The second kappa shape index (κ2) is 7.56. The first-order chi connectivity index (χ1) is 9.38. The Morgan fingerprint density at radius 2 is 1.85 bits per heavy atom. The number of ether oxygens (including phenoxy) is 2. The molecule has 1 aliphatic heterocycles. The van der Waals surface area contributed by atoms with Gasteiger partial charge < -0.3 is 24.8 Å². The van der Waals surface area contributed by atoms with E-state index in [1.807, 2.05) is 0 Å². The normalized spacial score (nSPS) is 33.7. The third-order valence-corrected chi connectivity index (χ3v) is 3.70. The lowest BCUT2D eigenvalue weighted by Crippen LogP contribution is -2.56. The van der Waals surface area contributed by atoms with Crippen molar-refractivity contribution in [2.24, 2.45) is 5.92 Å². The van der Waals surface area contributed by atoms with Crippen LogP contribution in [0.2, 0.25) is 0 Å². The van der Waals surface area contributed by atoms with Gasteiger partial charge in [0.1, 0.15) is 6.10 Å². The van der Waals surface area contributed by atoms with Crippen LogP contribution in [0.25, 0.3) is 0 Å². The van der Waals surface area contributed by atoms with Crippen molar-refractivity contribution < 1.29 is 34.4 Å². The molecule has 5 unspecified atom stereocenters. The van der Waals surface area contributed by atoms with Crippen LogP contribution in [-0.4, -0.2) is 58.8 Å². The van der Waals surface area contributed by atoms with Crippen molar-refractivity contribution in [2.45, 2.75) is 57.0 Å². The standard InChI is InChI=1S/C13H22O7/c1-7-8(5-3-4-6-9(14)19-2)20-12(13(17)18)11(16)10(7)15/h7-8,10-12,15-16H,3-6H2,1-2H3,(H,17,18). The molecule has 0 aromatic heterocycles. The number of aliphatic hydroxyl groups excluding tert-OH is 2. The summed E-state index contributed by atoms with van der Waals surface area (Å²) in [7, 11) is 1.32. The number of methoxy groups -OCH3 is 1. The summed E-state index contributed by atoms with van der Waals surface area (Å²) >= 11 is 0. The highest BCUT2D eigenvalue weighted by Crippen LogP contribution is 2.29. The van der Waals surface area contributed by atoms with Gasteiger partial charge in [-0.25, -0.2) is 4.79 Å².